The second-order valence-corrected chi connectivity index (χ2v) is 5.84. The van der Waals surface area contributed by atoms with Crippen LogP contribution < -0.4 is 0 Å². The van der Waals surface area contributed by atoms with E-state index in [1.807, 2.05) is 42.5 Å². The summed E-state index contributed by atoms with van der Waals surface area (Å²) >= 11 is 0. The molecule has 0 unspecified atom stereocenters. The summed E-state index contributed by atoms with van der Waals surface area (Å²) in [6.07, 6.45) is 3.88. The molecule has 0 aromatic heterocycles. The van der Waals surface area contributed by atoms with Crippen LogP contribution in [0.3, 0.4) is 0 Å². The van der Waals surface area contributed by atoms with Crippen molar-refractivity contribution in [3.63, 3.8) is 0 Å². The van der Waals surface area contributed by atoms with Crippen LogP contribution in [-0.4, -0.2) is 32.5 Å². The summed E-state index contributed by atoms with van der Waals surface area (Å²) < 4.78 is 23.2. The van der Waals surface area contributed by atoms with Gasteiger partial charge in [-0.15, -0.1) is 0 Å². The van der Waals surface area contributed by atoms with Crippen molar-refractivity contribution in [3.8, 4) is 0 Å². The Morgan fingerprint density at radius 2 is 1.82 bits per heavy atom. The fourth-order valence-corrected chi connectivity index (χ4v) is 2.36. The van der Waals surface area contributed by atoms with E-state index in [1.165, 1.54) is 14.2 Å². The lowest BCUT2D eigenvalue weighted by Gasteiger charge is -2.22. The van der Waals surface area contributed by atoms with Crippen molar-refractivity contribution in [2.24, 2.45) is 0 Å². The molecule has 0 saturated carbocycles. The third-order valence-electron chi connectivity index (χ3n) is 2.36. The third kappa shape index (κ3) is 4.10. The summed E-state index contributed by atoms with van der Waals surface area (Å²) in [5.74, 6) is 0. The zero-order valence-corrected chi connectivity index (χ0v) is 11.3. The monoisotopic (exact) mass is 255 g/mol. The maximum Gasteiger partial charge on any atom is 0.407 e. The molecule has 0 bridgehead atoms. The lowest BCUT2D eigenvalue weighted by atomic mass is 10.2. The molecule has 0 aliphatic rings. The molecule has 0 radical (unpaired) electrons. The van der Waals surface area contributed by atoms with Gasteiger partial charge in [0, 0.05) is 20.8 Å². The summed E-state index contributed by atoms with van der Waals surface area (Å²) in [4.78, 5) is 0. The Balaban J connectivity index is 2.57. The van der Waals surface area contributed by atoms with Crippen LogP contribution in [0.5, 0.6) is 0 Å². The molecule has 1 aromatic carbocycles. The van der Waals surface area contributed by atoms with Gasteiger partial charge in [-0.1, -0.05) is 42.5 Å². The third-order valence-corrected chi connectivity index (χ3v) is 4.28. The molecule has 94 valence electrons. The van der Waals surface area contributed by atoms with E-state index in [-0.39, 0.29) is 0 Å². The predicted octanol–water partition coefficient (Wildman–Crippen LogP) is 3.03. The summed E-state index contributed by atoms with van der Waals surface area (Å²) in [5.41, 5.74) is 1.10. The van der Waals surface area contributed by atoms with Crippen molar-refractivity contribution >= 4 is 13.8 Å². The smallest absolute Gasteiger partial charge is 0.300 e. The molecule has 0 spiro atoms. The Kier molecular flexibility index (Phi) is 5.59. The molecule has 1 rings (SSSR count). The number of rotatable bonds is 6. The van der Waals surface area contributed by atoms with E-state index < -0.39 is 7.75 Å². The quantitative estimate of drug-likeness (QED) is 0.732. The maximum atomic E-state index is 11.9. The summed E-state index contributed by atoms with van der Waals surface area (Å²) in [7, 11) is 1.34. The SMILES string of the molecule is COP(=O)(OC)N(C)C/C=C/c1ccccc1. The fraction of sp³-hybridized carbons (Fsp3) is 0.333. The van der Waals surface area contributed by atoms with Crippen molar-refractivity contribution in [1.82, 2.24) is 4.67 Å². The molecular weight excluding hydrogens is 237 g/mol. The van der Waals surface area contributed by atoms with E-state index in [2.05, 4.69) is 0 Å². The van der Waals surface area contributed by atoms with Crippen LogP contribution in [-0.2, 0) is 13.6 Å². The summed E-state index contributed by atoms with van der Waals surface area (Å²) in [6, 6.07) is 9.91. The highest BCUT2D eigenvalue weighted by Gasteiger charge is 2.26. The van der Waals surface area contributed by atoms with Crippen LogP contribution in [0.25, 0.3) is 6.08 Å². The fourth-order valence-electron chi connectivity index (χ4n) is 1.36. The van der Waals surface area contributed by atoms with E-state index in [1.54, 1.807) is 11.7 Å². The van der Waals surface area contributed by atoms with Crippen LogP contribution in [0.4, 0.5) is 0 Å². The molecule has 0 aliphatic carbocycles. The first kappa shape index (κ1) is 14.1. The van der Waals surface area contributed by atoms with Gasteiger partial charge in [-0.25, -0.2) is 9.24 Å². The van der Waals surface area contributed by atoms with Gasteiger partial charge in [0.2, 0.25) is 0 Å². The van der Waals surface area contributed by atoms with Gasteiger partial charge in [-0.3, -0.25) is 9.05 Å². The Bertz CT molecular complexity index is 397. The molecule has 4 nitrogen and oxygen atoms in total. The Hall–Kier alpha value is -0.930. The lowest BCUT2D eigenvalue weighted by Crippen LogP contribution is -2.16. The van der Waals surface area contributed by atoms with E-state index in [9.17, 15) is 4.57 Å². The number of likely N-dealkylation sites (N-methyl/N-ethyl adjacent to an activating group) is 1. The van der Waals surface area contributed by atoms with Gasteiger partial charge >= 0.3 is 7.75 Å². The Labute approximate surface area is 102 Å². The van der Waals surface area contributed by atoms with Gasteiger partial charge in [0.1, 0.15) is 0 Å². The standard InChI is InChI=1S/C12H18NO3P/c1-13(17(14,15-2)16-3)11-7-10-12-8-5-4-6-9-12/h4-10H,11H2,1-3H3/b10-7+. The number of nitrogens with zero attached hydrogens (tertiary/aromatic N) is 1. The van der Waals surface area contributed by atoms with Crippen LogP contribution in [0.15, 0.2) is 36.4 Å². The maximum absolute atomic E-state index is 11.9. The molecule has 0 amide bonds. The molecular formula is C12H18NO3P. The number of hydrogen-bond donors (Lipinski definition) is 0. The van der Waals surface area contributed by atoms with Gasteiger partial charge < -0.3 is 0 Å². The van der Waals surface area contributed by atoms with E-state index in [0.29, 0.717) is 6.54 Å². The zero-order chi connectivity index (χ0) is 12.7. The van der Waals surface area contributed by atoms with Crippen LogP contribution in [0, 0.1) is 0 Å². The second-order valence-electron chi connectivity index (χ2n) is 3.49. The number of hydrogen-bond acceptors (Lipinski definition) is 3. The normalized spacial score (nSPS) is 12.5. The Morgan fingerprint density at radius 3 is 2.35 bits per heavy atom. The van der Waals surface area contributed by atoms with Crippen molar-refractivity contribution < 1.29 is 13.6 Å². The van der Waals surface area contributed by atoms with Crippen molar-refractivity contribution in [1.29, 1.82) is 0 Å². The average Bonchev–Trinajstić information content (AvgIpc) is 2.39. The zero-order valence-electron chi connectivity index (χ0n) is 10.4. The summed E-state index contributed by atoms with van der Waals surface area (Å²) in [6.45, 7) is 0.494. The van der Waals surface area contributed by atoms with Crippen LogP contribution >= 0.6 is 7.75 Å². The minimum absolute atomic E-state index is 0.494. The summed E-state index contributed by atoms with van der Waals surface area (Å²) in [5, 5.41) is 0. The minimum Gasteiger partial charge on any atom is -0.300 e. The first-order chi connectivity index (χ1) is 8.12. The highest BCUT2D eigenvalue weighted by Crippen LogP contribution is 2.48. The van der Waals surface area contributed by atoms with Crippen molar-refractivity contribution in [2.45, 2.75) is 0 Å². The largest absolute Gasteiger partial charge is 0.407 e. The molecule has 0 saturated heterocycles. The van der Waals surface area contributed by atoms with Gasteiger partial charge in [-0.2, -0.15) is 0 Å². The van der Waals surface area contributed by atoms with Gasteiger partial charge in [-0.05, 0) is 12.6 Å². The van der Waals surface area contributed by atoms with E-state index in [0.717, 1.165) is 5.56 Å². The van der Waals surface area contributed by atoms with Crippen molar-refractivity contribution in [2.75, 3.05) is 27.8 Å². The molecule has 1 aromatic rings. The first-order valence-electron chi connectivity index (χ1n) is 5.27. The number of benzene rings is 1. The molecule has 0 N–H and O–H groups in total. The van der Waals surface area contributed by atoms with E-state index in [4.69, 9.17) is 9.05 Å². The highest BCUT2D eigenvalue weighted by atomic mass is 31.2. The molecule has 17 heavy (non-hydrogen) atoms. The van der Waals surface area contributed by atoms with Gasteiger partial charge in [0.25, 0.3) is 0 Å². The van der Waals surface area contributed by atoms with E-state index >= 15 is 0 Å². The second kappa shape index (κ2) is 6.72. The molecule has 0 heterocycles. The Morgan fingerprint density at radius 1 is 1.24 bits per heavy atom. The van der Waals surface area contributed by atoms with Crippen LogP contribution in [0.2, 0.25) is 0 Å². The molecule has 0 atom stereocenters. The molecule has 0 fully saturated rings. The molecule has 0 aliphatic heterocycles. The minimum atomic E-state index is -3.11. The predicted molar refractivity (Wildman–Crippen MR) is 69.7 cm³/mol. The lowest BCUT2D eigenvalue weighted by molar-refractivity contribution is 0.226. The van der Waals surface area contributed by atoms with Crippen molar-refractivity contribution in [3.05, 3.63) is 42.0 Å². The first-order valence-corrected chi connectivity index (χ1v) is 6.76. The molecule has 5 heteroatoms. The van der Waals surface area contributed by atoms with Gasteiger partial charge in [0.15, 0.2) is 0 Å². The highest BCUT2D eigenvalue weighted by molar-refractivity contribution is 7.51. The van der Waals surface area contributed by atoms with Gasteiger partial charge in [0.05, 0.1) is 0 Å². The van der Waals surface area contributed by atoms with Crippen LogP contribution in [0.1, 0.15) is 5.56 Å². The average molecular weight is 255 g/mol. The topological polar surface area (TPSA) is 38.8 Å².